The van der Waals surface area contributed by atoms with Crippen LogP contribution in [0.3, 0.4) is 0 Å². The molecule has 2 aromatic rings. The number of fused-ring (bicyclic) bond motifs is 1. The minimum Gasteiger partial charge on any atom is -0.314 e. The van der Waals surface area contributed by atoms with Crippen molar-refractivity contribution in [2.45, 2.75) is 33.2 Å². The molecule has 0 aliphatic carbocycles. The highest BCUT2D eigenvalue weighted by Crippen LogP contribution is 2.40. The quantitative estimate of drug-likeness (QED) is 0.393. The van der Waals surface area contributed by atoms with E-state index in [-0.39, 0.29) is 24.0 Å². The van der Waals surface area contributed by atoms with Gasteiger partial charge in [0.05, 0.1) is 12.1 Å². The summed E-state index contributed by atoms with van der Waals surface area (Å²) in [6.45, 7) is 8.83. The van der Waals surface area contributed by atoms with Gasteiger partial charge in [0.1, 0.15) is 22.7 Å². The summed E-state index contributed by atoms with van der Waals surface area (Å²) < 4.78 is 0. The second-order valence-electron chi connectivity index (χ2n) is 8.25. The number of hydrogen-bond donors (Lipinski definition) is 4. The molecule has 4 rings (SSSR count). The molecule has 33 heavy (non-hydrogen) atoms. The molecule has 2 aliphatic heterocycles. The van der Waals surface area contributed by atoms with E-state index >= 15 is 0 Å². The fraction of sp³-hybridized carbons (Fsp3) is 0.391. The van der Waals surface area contributed by atoms with Gasteiger partial charge in [-0.05, 0) is 38.5 Å². The van der Waals surface area contributed by atoms with Gasteiger partial charge in [0.25, 0.3) is 0 Å². The van der Waals surface area contributed by atoms with Crippen LogP contribution in [0.5, 0.6) is 0 Å². The number of halogens is 1. The van der Waals surface area contributed by atoms with Gasteiger partial charge in [-0.1, -0.05) is 23.7 Å². The first-order valence-corrected chi connectivity index (χ1v) is 12.1. The molecule has 2 aliphatic rings. The number of benzene rings is 1. The number of piperazine rings is 1. The van der Waals surface area contributed by atoms with Crippen LogP contribution in [-0.4, -0.2) is 60.5 Å². The molecule has 4 N–H and O–H groups in total. The molecular weight excluding hydrogens is 458 g/mol. The molecule has 1 amide bonds. The maximum absolute atomic E-state index is 12.9. The summed E-state index contributed by atoms with van der Waals surface area (Å²) in [5, 5.41) is 23.9. The van der Waals surface area contributed by atoms with Crippen LogP contribution in [-0.2, 0) is 4.79 Å². The molecule has 1 aromatic heterocycles. The Morgan fingerprint density at radius 1 is 1.27 bits per heavy atom. The lowest BCUT2D eigenvalue weighted by molar-refractivity contribution is -0.126. The van der Waals surface area contributed by atoms with Crippen LogP contribution >= 0.6 is 22.9 Å². The number of thiophene rings is 1. The number of rotatable bonds is 4. The third kappa shape index (κ3) is 4.86. The van der Waals surface area contributed by atoms with Crippen LogP contribution in [0, 0.1) is 24.7 Å². The van der Waals surface area contributed by atoms with Crippen molar-refractivity contribution in [1.29, 1.82) is 10.8 Å². The van der Waals surface area contributed by atoms with E-state index in [9.17, 15) is 4.79 Å². The summed E-state index contributed by atoms with van der Waals surface area (Å²) in [5.74, 6) is 0.165. The number of amidine groups is 2. The van der Waals surface area contributed by atoms with E-state index in [1.54, 1.807) is 23.2 Å². The summed E-state index contributed by atoms with van der Waals surface area (Å²) in [6.07, 6.45) is 0.0244. The van der Waals surface area contributed by atoms with E-state index in [2.05, 4.69) is 10.7 Å². The van der Waals surface area contributed by atoms with E-state index < -0.39 is 6.04 Å². The van der Waals surface area contributed by atoms with Crippen molar-refractivity contribution in [3.05, 3.63) is 50.9 Å². The molecule has 0 unspecified atom stereocenters. The Balaban J connectivity index is 1.76. The Hall–Kier alpha value is -2.59. The van der Waals surface area contributed by atoms with Gasteiger partial charge in [-0.15, -0.1) is 11.3 Å². The van der Waals surface area contributed by atoms with Crippen LogP contribution in [0.15, 0.2) is 29.3 Å². The van der Waals surface area contributed by atoms with Crippen LogP contribution in [0.2, 0.25) is 5.02 Å². The molecule has 3 heterocycles. The molecule has 0 radical (unpaired) electrons. The maximum atomic E-state index is 12.9. The molecule has 1 fully saturated rings. The smallest absolute Gasteiger partial charge is 0.236 e. The zero-order valence-corrected chi connectivity index (χ0v) is 20.5. The molecule has 1 aromatic carbocycles. The van der Waals surface area contributed by atoms with Gasteiger partial charge in [0, 0.05) is 47.2 Å². The number of amides is 1. The van der Waals surface area contributed by atoms with Crippen molar-refractivity contribution in [2.24, 2.45) is 4.99 Å². The fourth-order valence-corrected chi connectivity index (χ4v) is 5.41. The lowest BCUT2D eigenvalue weighted by atomic mass is 9.99. The van der Waals surface area contributed by atoms with E-state index in [1.807, 2.05) is 43.1 Å². The predicted octanol–water partition coefficient (Wildman–Crippen LogP) is 3.35. The van der Waals surface area contributed by atoms with E-state index in [0.29, 0.717) is 5.02 Å². The van der Waals surface area contributed by atoms with E-state index in [4.69, 9.17) is 27.4 Å². The Morgan fingerprint density at radius 2 is 1.94 bits per heavy atom. The highest BCUT2D eigenvalue weighted by molar-refractivity contribution is 7.17. The summed E-state index contributed by atoms with van der Waals surface area (Å²) in [7, 11) is 0. The van der Waals surface area contributed by atoms with Crippen LogP contribution in [0.1, 0.15) is 34.9 Å². The lowest BCUT2D eigenvalue weighted by Crippen LogP contribution is -2.53. The van der Waals surface area contributed by atoms with Crippen molar-refractivity contribution in [2.75, 3.05) is 31.1 Å². The molecule has 0 spiro atoms. The maximum Gasteiger partial charge on any atom is 0.236 e. The van der Waals surface area contributed by atoms with E-state index in [0.717, 1.165) is 58.5 Å². The number of aliphatic imine (C=N–C) groups is 1. The summed E-state index contributed by atoms with van der Waals surface area (Å²) in [6, 6.07) is 6.72. The SMILES string of the molecule is CC(=N)N1C(=N)[C@H](CC(=O)NN2CCNCC2)N=C(c2ccc(Cl)cc2)c2c1sc(C)c2C. The van der Waals surface area contributed by atoms with Gasteiger partial charge in [-0.3, -0.25) is 30.9 Å². The second-order valence-corrected chi connectivity index (χ2v) is 9.89. The first-order valence-electron chi connectivity index (χ1n) is 10.9. The fourth-order valence-electron chi connectivity index (χ4n) is 4.06. The molecule has 8 nitrogen and oxygen atoms in total. The van der Waals surface area contributed by atoms with Crippen molar-refractivity contribution >= 4 is 51.2 Å². The molecule has 174 valence electrons. The van der Waals surface area contributed by atoms with Crippen LogP contribution < -0.4 is 15.6 Å². The predicted molar refractivity (Wildman–Crippen MR) is 135 cm³/mol. The van der Waals surface area contributed by atoms with E-state index in [1.165, 1.54) is 0 Å². The minimum absolute atomic E-state index is 0.0244. The highest BCUT2D eigenvalue weighted by atomic mass is 35.5. The third-order valence-electron chi connectivity index (χ3n) is 5.88. The molecule has 1 atom stereocenters. The lowest BCUT2D eigenvalue weighted by Gasteiger charge is -2.28. The zero-order chi connectivity index (χ0) is 23.7. The number of nitrogens with zero attached hydrogens (tertiary/aromatic N) is 3. The largest absolute Gasteiger partial charge is 0.314 e. The Kier molecular flexibility index (Phi) is 6.94. The van der Waals surface area contributed by atoms with Gasteiger partial charge in [0.15, 0.2) is 0 Å². The van der Waals surface area contributed by atoms with Gasteiger partial charge in [-0.25, -0.2) is 5.01 Å². The standard InChI is InChI=1S/C23H28ClN7OS/c1-13-14(2)33-23-20(13)21(16-4-6-17(24)7-5-16)28-18(22(26)31(23)15(3)25)12-19(32)29-30-10-8-27-9-11-30/h4-7,18,25-27H,8-12H2,1-3H3,(H,29,32)/t18-/m0/s1. The Bertz CT molecular complexity index is 1120. The van der Waals surface area contributed by atoms with Gasteiger partial charge in [-0.2, -0.15) is 0 Å². The number of carbonyl (C=O) groups excluding carboxylic acids is 1. The molecule has 0 saturated carbocycles. The van der Waals surface area contributed by atoms with Gasteiger partial charge in [0.2, 0.25) is 5.91 Å². The first-order chi connectivity index (χ1) is 15.8. The number of carbonyl (C=O) groups is 1. The zero-order valence-electron chi connectivity index (χ0n) is 19.0. The highest BCUT2D eigenvalue weighted by Gasteiger charge is 2.35. The number of hydrogen-bond acceptors (Lipinski definition) is 7. The number of aryl methyl sites for hydroxylation is 1. The molecular formula is C23H28ClN7OS. The van der Waals surface area contributed by atoms with Crippen molar-refractivity contribution in [3.63, 3.8) is 0 Å². The van der Waals surface area contributed by atoms with Crippen molar-refractivity contribution in [1.82, 2.24) is 15.8 Å². The Morgan fingerprint density at radius 3 is 2.58 bits per heavy atom. The van der Waals surface area contributed by atoms with Gasteiger partial charge >= 0.3 is 0 Å². The number of anilines is 1. The van der Waals surface area contributed by atoms with Crippen molar-refractivity contribution < 1.29 is 4.79 Å². The number of hydrazine groups is 1. The molecule has 0 bridgehead atoms. The average Bonchev–Trinajstić information content (AvgIpc) is 2.99. The summed E-state index contributed by atoms with van der Waals surface area (Å²) >= 11 is 7.67. The first kappa shape index (κ1) is 23.6. The molecule has 10 heteroatoms. The topological polar surface area (TPSA) is 108 Å². The average molecular weight is 486 g/mol. The molecule has 1 saturated heterocycles. The summed E-state index contributed by atoms with van der Waals surface area (Å²) in [4.78, 5) is 20.6. The minimum atomic E-state index is -0.724. The second kappa shape index (κ2) is 9.72. The normalized spacial score (nSPS) is 19.0. The van der Waals surface area contributed by atoms with Crippen LogP contribution in [0.4, 0.5) is 5.00 Å². The summed E-state index contributed by atoms with van der Waals surface area (Å²) in [5.41, 5.74) is 6.50. The van der Waals surface area contributed by atoms with Crippen LogP contribution in [0.25, 0.3) is 0 Å². The Labute approximate surface area is 202 Å². The monoisotopic (exact) mass is 485 g/mol. The third-order valence-corrected chi connectivity index (χ3v) is 7.32. The van der Waals surface area contributed by atoms with Gasteiger partial charge < -0.3 is 5.32 Å². The van der Waals surface area contributed by atoms with Crippen molar-refractivity contribution in [3.8, 4) is 0 Å². The number of nitrogens with one attached hydrogen (secondary N) is 4.